The van der Waals surface area contributed by atoms with Gasteiger partial charge in [-0.1, -0.05) is 52.0 Å². The molecule has 0 heterocycles. The summed E-state index contributed by atoms with van der Waals surface area (Å²) >= 11 is 0. The normalized spacial score (nSPS) is 20.8. The quantitative estimate of drug-likeness (QED) is 0.820. The molecule has 2 amide bonds. The van der Waals surface area contributed by atoms with E-state index in [0.29, 0.717) is 17.9 Å². The van der Waals surface area contributed by atoms with E-state index in [1.807, 2.05) is 12.1 Å². The van der Waals surface area contributed by atoms with Gasteiger partial charge in [0, 0.05) is 12.6 Å². The molecule has 1 fully saturated rings. The monoisotopic (exact) mass is 344 g/mol. The third-order valence-corrected chi connectivity index (χ3v) is 5.38. The molecule has 4 heteroatoms. The molecule has 1 aromatic carbocycles. The summed E-state index contributed by atoms with van der Waals surface area (Å²) in [5.41, 5.74) is 2.59. The van der Waals surface area contributed by atoms with Crippen LogP contribution in [0.1, 0.15) is 64.5 Å². The average molecular weight is 344 g/mol. The minimum Gasteiger partial charge on any atom is -0.345 e. The molecule has 0 saturated heterocycles. The Hall–Kier alpha value is -1.84. The lowest BCUT2D eigenvalue weighted by Crippen LogP contribution is -2.46. The van der Waals surface area contributed by atoms with Gasteiger partial charge in [0.25, 0.3) is 0 Å². The van der Waals surface area contributed by atoms with Gasteiger partial charge in [-0.3, -0.25) is 9.59 Å². The zero-order valence-corrected chi connectivity index (χ0v) is 16.0. The third kappa shape index (κ3) is 5.87. The van der Waals surface area contributed by atoms with E-state index in [4.69, 9.17) is 0 Å². The fourth-order valence-corrected chi connectivity index (χ4v) is 3.51. The standard InChI is InChI=1S/C21H32N2O2/c1-5-15-6-8-16(9-7-15)14-22-19(24)20(25)23-18-12-10-17(11-13-18)21(2,3)4/h6-9,17-18H,5,10-14H2,1-4H3,(H,22,24)(H,23,25). The molecule has 2 rings (SSSR count). The third-order valence-electron chi connectivity index (χ3n) is 5.38. The molecule has 0 atom stereocenters. The molecule has 0 radical (unpaired) electrons. The number of nitrogens with one attached hydrogen (secondary N) is 2. The van der Waals surface area contributed by atoms with Crippen molar-refractivity contribution in [1.29, 1.82) is 0 Å². The second-order valence-electron chi connectivity index (χ2n) is 8.24. The molecule has 1 aliphatic rings. The van der Waals surface area contributed by atoms with E-state index in [0.717, 1.165) is 37.7 Å². The number of hydrogen-bond acceptors (Lipinski definition) is 2. The lowest BCUT2D eigenvalue weighted by molar-refractivity contribution is -0.139. The Balaban J connectivity index is 1.74. The van der Waals surface area contributed by atoms with Crippen LogP contribution in [-0.4, -0.2) is 17.9 Å². The molecule has 0 unspecified atom stereocenters. The molecule has 0 spiro atoms. The van der Waals surface area contributed by atoms with Crippen LogP contribution >= 0.6 is 0 Å². The van der Waals surface area contributed by atoms with E-state index >= 15 is 0 Å². The zero-order chi connectivity index (χ0) is 18.4. The molecular weight excluding hydrogens is 312 g/mol. The van der Waals surface area contributed by atoms with Crippen LogP contribution in [0.4, 0.5) is 0 Å². The van der Waals surface area contributed by atoms with E-state index in [9.17, 15) is 9.59 Å². The van der Waals surface area contributed by atoms with Gasteiger partial charge in [-0.2, -0.15) is 0 Å². The molecule has 1 aromatic rings. The fourth-order valence-electron chi connectivity index (χ4n) is 3.51. The number of amides is 2. The molecule has 0 aromatic heterocycles. The fraction of sp³-hybridized carbons (Fsp3) is 0.619. The summed E-state index contributed by atoms with van der Waals surface area (Å²) in [4.78, 5) is 24.1. The second kappa shape index (κ2) is 8.50. The van der Waals surface area contributed by atoms with E-state index in [-0.39, 0.29) is 6.04 Å². The van der Waals surface area contributed by atoms with Gasteiger partial charge in [0.1, 0.15) is 0 Å². The van der Waals surface area contributed by atoms with Gasteiger partial charge in [0.05, 0.1) is 0 Å². The Bertz CT molecular complexity index is 579. The van der Waals surface area contributed by atoms with Crippen molar-refractivity contribution in [1.82, 2.24) is 10.6 Å². The molecular formula is C21H32N2O2. The SMILES string of the molecule is CCc1ccc(CNC(=O)C(=O)NC2CCC(C(C)(C)C)CC2)cc1. The van der Waals surface area contributed by atoms with E-state index < -0.39 is 11.8 Å². The van der Waals surface area contributed by atoms with Crippen molar-refractivity contribution in [3.63, 3.8) is 0 Å². The maximum atomic E-state index is 12.1. The summed E-state index contributed by atoms with van der Waals surface area (Å²) in [5.74, 6) is -0.359. The summed E-state index contributed by atoms with van der Waals surface area (Å²) in [6.45, 7) is 9.31. The Morgan fingerprint density at radius 2 is 1.52 bits per heavy atom. The van der Waals surface area contributed by atoms with Gasteiger partial charge < -0.3 is 10.6 Å². The van der Waals surface area contributed by atoms with Crippen LogP contribution in [0.15, 0.2) is 24.3 Å². The van der Waals surface area contributed by atoms with Crippen molar-refractivity contribution in [2.24, 2.45) is 11.3 Å². The summed E-state index contributed by atoms with van der Waals surface area (Å²) in [5, 5.41) is 5.60. The lowest BCUT2D eigenvalue weighted by Gasteiger charge is -2.37. The predicted molar refractivity (Wildman–Crippen MR) is 101 cm³/mol. The first kappa shape index (κ1) is 19.5. The summed E-state index contributed by atoms with van der Waals surface area (Å²) in [6, 6.07) is 8.21. The Morgan fingerprint density at radius 3 is 2.04 bits per heavy atom. The summed E-state index contributed by atoms with van der Waals surface area (Å²) in [6.07, 6.45) is 5.13. The molecule has 1 saturated carbocycles. The van der Waals surface area contributed by atoms with Gasteiger partial charge in [-0.25, -0.2) is 0 Å². The first-order valence-corrected chi connectivity index (χ1v) is 9.46. The van der Waals surface area contributed by atoms with Crippen LogP contribution in [0.5, 0.6) is 0 Å². The first-order chi connectivity index (χ1) is 11.8. The minimum absolute atomic E-state index is 0.126. The van der Waals surface area contributed by atoms with Crippen LogP contribution in [0.25, 0.3) is 0 Å². The molecule has 1 aliphatic carbocycles. The predicted octanol–water partition coefficient (Wildman–Crippen LogP) is 3.59. The topological polar surface area (TPSA) is 58.2 Å². The number of hydrogen-bond donors (Lipinski definition) is 2. The van der Waals surface area contributed by atoms with Crippen molar-refractivity contribution in [3.05, 3.63) is 35.4 Å². The van der Waals surface area contributed by atoms with Crippen LogP contribution in [0, 0.1) is 11.3 Å². The zero-order valence-electron chi connectivity index (χ0n) is 16.0. The van der Waals surface area contributed by atoms with Gasteiger partial charge in [-0.05, 0) is 54.6 Å². The highest BCUT2D eigenvalue weighted by molar-refractivity contribution is 6.35. The highest BCUT2D eigenvalue weighted by atomic mass is 16.2. The summed E-state index contributed by atoms with van der Waals surface area (Å²) in [7, 11) is 0. The smallest absolute Gasteiger partial charge is 0.309 e. The molecule has 138 valence electrons. The second-order valence-corrected chi connectivity index (χ2v) is 8.24. The molecule has 0 bridgehead atoms. The van der Waals surface area contributed by atoms with Crippen molar-refractivity contribution in [3.8, 4) is 0 Å². The molecule has 4 nitrogen and oxygen atoms in total. The summed E-state index contributed by atoms with van der Waals surface area (Å²) < 4.78 is 0. The first-order valence-electron chi connectivity index (χ1n) is 9.46. The number of benzene rings is 1. The maximum absolute atomic E-state index is 12.1. The van der Waals surface area contributed by atoms with Crippen LogP contribution < -0.4 is 10.6 Å². The van der Waals surface area contributed by atoms with Crippen LogP contribution in [-0.2, 0) is 22.6 Å². The number of aryl methyl sites for hydroxylation is 1. The van der Waals surface area contributed by atoms with Gasteiger partial charge in [-0.15, -0.1) is 0 Å². The number of rotatable bonds is 4. The van der Waals surface area contributed by atoms with E-state index in [1.54, 1.807) is 0 Å². The Labute approximate surface area is 151 Å². The molecule has 2 N–H and O–H groups in total. The molecule has 0 aliphatic heterocycles. The number of carbonyl (C=O) groups is 2. The molecule has 25 heavy (non-hydrogen) atoms. The highest BCUT2D eigenvalue weighted by Crippen LogP contribution is 2.37. The highest BCUT2D eigenvalue weighted by Gasteiger charge is 2.30. The van der Waals surface area contributed by atoms with Gasteiger partial charge >= 0.3 is 11.8 Å². The van der Waals surface area contributed by atoms with Crippen molar-refractivity contribution in [2.75, 3.05) is 0 Å². The van der Waals surface area contributed by atoms with Crippen molar-refractivity contribution >= 4 is 11.8 Å². The van der Waals surface area contributed by atoms with Crippen LogP contribution in [0.3, 0.4) is 0 Å². The largest absolute Gasteiger partial charge is 0.345 e. The average Bonchev–Trinajstić information content (AvgIpc) is 2.59. The van der Waals surface area contributed by atoms with Crippen molar-refractivity contribution < 1.29 is 9.59 Å². The van der Waals surface area contributed by atoms with Crippen LogP contribution in [0.2, 0.25) is 0 Å². The van der Waals surface area contributed by atoms with E-state index in [1.165, 1.54) is 5.56 Å². The number of carbonyl (C=O) groups excluding carboxylic acids is 2. The Kier molecular flexibility index (Phi) is 6.63. The Morgan fingerprint density at radius 1 is 0.960 bits per heavy atom. The lowest BCUT2D eigenvalue weighted by atomic mass is 9.71. The van der Waals surface area contributed by atoms with Crippen molar-refractivity contribution in [2.45, 2.75) is 72.4 Å². The maximum Gasteiger partial charge on any atom is 0.309 e. The van der Waals surface area contributed by atoms with Gasteiger partial charge in [0.2, 0.25) is 0 Å². The van der Waals surface area contributed by atoms with Gasteiger partial charge in [0.15, 0.2) is 0 Å². The van der Waals surface area contributed by atoms with E-state index in [2.05, 4.69) is 50.5 Å². The minimum atomic E-state index is -0.544.